The third-order valence-corrected chi connectivity index (χ3v) is 3.80. The van der Waals surface area contributed by atoms with Crippen LogP contribution in [0.25, 0.3) is 0 Å². The lowest BCUT2D eigenvalue weighted by Gasteiger charge is -2.16. The Morgan fingerprint density at radius 3 is 2.14 bits per heavy atom. The molecule has 0 aliphatic carbocycles. The van der Waals surface area contributed by atoms with Gasteiger partial charge in [0.2, 0.25) is 0 Å². The fraction of sp³-hybridized carbons (Fsp3) is 0.538. The van der Waals surface area contributed by atoms with E-state index in [0.29, 0.717) is 19.3 Å². The van der Waals surface area contributed by atoms with E-state index in [4.69, 9.17) is 4.18 Å². The first-order valence-corrected chi connectivity index (χ1v) is 10.1. The van der Waals surface area contributed by atoms with Crippen LogP contribution in [0.1, 0.15) is 18.4 Å². The SMILES string of the molecule is CS(=O)(=O)OCCC[C@H](Cc1ccccc1)OS(C)(=O)=O. The van der Waals surface area contributed by atoms with Crippen molar-refractivity contribution in [2.24, 2.45) is 0 Å². The molecule has 1 aromatic carbocycles. The lowest BCUT2D eigenvalue weighted by atomic mass is 10.0. The van der Waals surface area contributed by atoms with Gasteiger partial charge in [0.15, 0.2) is 0 Å². The van der Waals surface area contributed by atoms with Crippen LogP contribution in [0.4, 0.5) is 0 Å². The molecule has 0 spiro atoms. The maximum Gasteiger partial charge on any atom is 0.264 e. The summed E-state index contributed by atoms with van der Waals surface area (Å²) >= 11 is 0. The zero-order valence-electron chi connectivity index (χ0n) is 12.1. The Morgan fingerprint density at radius 1 is 1.00 bits per heavy atom. The Hall–Kier alpha value is -0.960. The molecule has 6 nitrogen and oxygen atoms in total. The predicted molar refractivity (Wildman–Crippen MR) is 79.9 cm³/mol. The Morgan fingerprint density at radius 2 is 1.62 bits per heavy atom. The molecule has 21 heavy (non-hydrogen) atoms. The maximum atomic E-state index is 11.3. The summed E-state index contributed by atoms with van der Waals surface area (Å²) in [6.45, 7) is 0.0112. The first kappa shape index (κ1) is 18.1. The summed E-state index contributed by atoms with van der Waals surface area (Å²) in [5.74, 6) is 0. The molecule has 1 aromatic rings. The molecule has 0 bridgehead atoms. The lowest BCUT2D eigenvalue weighted by molar-refractivity contribution is 0.186. The summed E-state index contributed by atoms with van der Waals surface area (Å²) in [5, 5.41) is 0. The molecular weight excluding hydrogens is 316 g/mol. The minimum atomic E-state index is -3.57. The van der Waals surface area contributed by atoms with E-state index in [1.807, 2.05) is 30.3 Å². The number of rotatable bonds is 9. The normalized spacial score (nSPS) is 14.0. The molecule has 1 rings (SSSR count). The van der Waals surface area contributed by atoms with Crippen molar-refractivity contribution in [3.8, 4) is 0 Å². The van der Waals surface area contributed by atoms with E-state index in [2.05, 4.69) is 4.18 Å². The van der Waals surface area contributed by atoms with Gasteiger partial charge in [0, 0.05) is 6.42 Å². The molecule has 120 valence electrons. The van der Waals surface area contributed by atoms with Gasteiger partial charge in [-0.15, -0.1) is 0 Å². The molecule has 0 heterocycles. The Bertz CT molecular complexity index is 622. The topological polar surface area (TPSA) is 86.7 Å². The van der Waals surface area contributed by atoms with Crippen molar-refractivity contribution < 1.29 is 25.2 Å². The van der Waals surface area contributed by atoms with Crippen molar-refractivity contribution in [3.05, 3.63) is 35.9 Å². The van der Waals surface area contributed by atoms with Gasteiger partial charge in [0.05, 0.1) is 25.2 Å². The standard InChI is InChI=1S/C13H20O6S2/c1-20(14,15)18-10-6-9-13(19-21(2,16)17)11-12-7-4-3-5-8-12/h3-5,7-8,13H,6,9-11H2,1-2H3/t13-/m1/s1. The minimum absolute atomic E-state index is 0.0112. The van der Waals surface area contributed by atoms with Crippen LogP contribution in [-0.2, 0) is 35.0 Å². The molecular formula is C13H20O6S2. The summed E-state index contributed by atoms with van der Waals surface area (Å²) in [7, 11) is -7.04. The van der Waals surface area contributed by atoms with Crippen molar-refractivity contribution in [1.82, 2.24) is 0 Å². The monoisotopic (exact) mass is 336 g/mol. The second kappa shape index (κ2) is 7.88. The fourth-order valence-electron chi connectivity index (χ4n) is 1.83. The van der Waals surface area contributed by atoms with E-state index >= 15 is 0 Å². The highest BCUT2D eigenvalue weighted by atomic mass is 32.2. The summed E-state index contributed by atoms with van der Waals surface area (Å²) < 4.78 is 53.9. The van der Waals surface area contributed by atoms with Crippen LogP contribution in [0.5, 0.6) is 0 Å². The van der Waals surface area contributed by atoms with Crippen molar-refractivity contribution in [3.63, 3.8) is 0 Å². The van der Waals surface area contributed by atoms with Crippen LogP contribution in [0.3, 0.4) is 0 Å². The second-order valence-corrected chi connectivity index (χ2v) is 8.03. The van der Waals surface area contributed by atoms with Crippen LogP contribution in [0.2, 0.25) is 0 Å². The lowest BCUT2D eigenvalue weighted by Crippen LogP contribution is -2.21. The molecule has 0 unspecified atom stereocenters. The molecule has 0 aromatic heterocycles. The van der Waals surface area contributed by atoms with Gasteiger partial charge in [0.25, 0.3) is 20.2 Å². The van der Waals surface area contributed by atoms with Gasteiger partial charge in [-0.1, -0.05) is 30.3 Å². The van der Waals surface area contributed by atoms with E-state index < -0.39 is 26.3 Å². The van der Waals surface area contributed by atoms with E-state index in [-0.39, 0.29) is 6.61 Å². The molecule has 0 N–H and O–H groups in total. The Labute approximate surface area is 126 Å². The largest absolute Gasteiger partial charge is 0.270 e. The number of hydrogen-bond donors (Lipinski definition) is 0. The van der Waals surface area contributed by atoms with Crippen molar-refractivity contribution in [2.75, 3.05) is 19.1 Å². The van der Waals surface area contributed by atoms with Gasteiger partial charge in [-0.2, -0.15) is 16.8 Å². The van der Waals surface area contributed by atoms with Crippen LogP contribution in [0, 0.1) is 0 Å². The van der Waals surface area contributed by atoms with Crippen molar-refractivity contribution in [2.45, 2.75) is 25.4 Å². The smallest absolute Gasteiger partial charge is 0.264 e. The van der Waals surface area contributed by atoms with Crippen LogP contribution >= 0.6 is 0 Å². The average molecular weight is 336 g/mol. The molecule has 0 radical (unpaired) electrons. The average Bonchev–Trinajstić information content (AvgIpc) is 2.33. The zero-order chi connectivity index (χ0) is 15.9. The molecule has 0 saturated heterocycles. The minimum Gasteiger partial charge on any atom is -0.270 e. The van der Waals surface area contributed by atoms with Gasteiger partial charge in [-0.25, -0.2) is 0 Å². The fourth-order valence-corrected chi connectivity index (χ4v) is 2.91. The van der Waals surface area contributed by atoms with E-state index in [1.165, 1.54) is 0 Å². The first-order chi connectivity index (χ1) is 9.66. The van der Waals surface area contributed by atoms with Gasteiger partial charge in [-0.3, -0.25) is 8.37 Å². The summed E-state index contributed by atoms with van der Waals surface area (Å²) in [5.41, 5.74) is 0.954. The number of hydrogen-bond acceptors (Lipinski definition) is 6. The van der Waals surface area contributed by atoms with Gasteiger partial charge >= 0.3 is 0 Å². The van der Waals surface area contributed by atoms with E-state index in [1.54, 1.807) is 0 Å². The molecule has 0 fully saturated rings. The van der Waals surface area contributed by atoms with Crippen LogP contribution in [0.15, 0.2) is 30.3 Å². The highest BCUT2D eigenvalue weighted by Gasteiger charge is 2.16. The highest BCUT2D eigenvalue weighted by molar-refractivity contribution is 7.86. The molecule has 0 amide bonds. The third kappa shape index (κ3) is 9.57. The summed E-state index contributed by atoms with van der Waals surface area (Å²) in [6, 6.07) is 9.35. The van der Waals surface area contributed by atoms with E-state index in [9.17, 15) is 16.8 Å². The molecule has 8 heteroatoms. The highest BCUT2D eigenvalue weighted by Crippen LogP contribution is 2.13. The van der Waals surface area contributed by atoms with Gasteiger partial charge in [0.1, 0.15) is 0 Å². The first-order valence-electron chi connectivity index (χ1n) is 6.42. The zero-order valence-corrected chi connectivity index (χ0v) is 13.7. The summed E-state index contributed by atoms with van der Waals surface area (Å²) in [4.78, 5) is 0. The molecule has 0 saturated carbocycles. The molecule has 1 atom stereocenters. The van der Waals surface area contributed by atoms with Crippen LogP contribution in [-0.4, -0.2) is 42.1 Å². The maximum absolute atomic E-state index is 11.3. The summed E-state index contributed by atoms with van der Waals surface area (Å²) in [6.07, 6.45) is 2.65. The molecule has 0 aliphatic heterocycles. The van der Waals surface area contributed by atoms with Gasteiger partial charge < -0.3 is 0 Å². The predicted octanol–water partition coefficient (Wildman–Crippen LogP) is 1.33. The van der Waals surface area contributed by atoms with E-state index in [0.717, 1.165) is 18.1 Å². The third-order valence-electron chi connectivity index (χ3n) is 2.58. The van der Waals surface area contributed by atoms with Gasteiger partial charge in [-0.05, 0) is 18.4 Å². The van der Waals surface area contributed by atoms with Crippen molar-refractivity contribution >= 4 is 20.2 Å². The molecule has 0 aliphatic rings. The second-order valence-electron chi connectivity index (χ2n) is 4.78. The Kier molecular flexibility index (Phi) is 6.79. The Balaban J connectivity index is 2.57. The van der Waals surface area contributed by atoms with Crippen molar-refractivity contribution in [1.29, 1.82) is 0 Å². The van der Waals surface area contributed by atoms with Crippen LogP contribution < -0.4 is 0 Å². The quantitative estimate of drug-likeness (QED) is 0.499. The number of benzene rings is 1.